The van der Waals surface area contributed by atoms with Crippen molar-refractivity contribution >= 4 is 11.6 Å². The number of carbonyl (C=O) groups is 1. The summed E-state index contributed by atoms with van der Waals surface area (Å²) in [6, 6.07) is 7.43. The van der Waals surface area contributed by atoms with Crippen molar-refractivity contribution in [1.29, 1.82) is 0 Å². The molecule has 1 aromatic heterocycles. The van der Waals surface area contributed by atoms with Gasteiger partial charge in [0.15, 0.2) is 0 Å². The number of hydrogen-bond acceptors (Lipinski definition) is 5. The molecule has 1 amide bonds. The van der Waals surface area contributed by atoms with E-state index >= 15 is 0 Å². The zero-order chi connectivity index (χ0) is 16.3. The van der Waals surface area contributed by atoms with Gasteiger partial charge in [0.1, 0.15) is 5.75 Å². The minimum Gasteiger partial charge on any atom is -0.424 e. The Balaban J connectivity index is 1.71. The van der Waals surface area contributed by atoms with Gasteiger partial charge in [0.05, 0.1) is 5.54 Å². The van der Waals surface area contributed by atoms with E-state index in [0.29, 0.717) is 5.75 Å². The average molecular weight is 312 g/mol. The molecule has 0 radical (unpaired) electrons. The second-order valence-corrected chi connectivity index (χ2v) is 5.93. The van der Waals surface area contributed by atoms with Gasteiger partial charge in [-0.2, -0.15) is 0 Å². The summed E-state index contributed by atoms with van der Waals surface area (Å²) in [4.78, 5) is 20.4. The van der Waals surface area contributed by atoms with E-state index in [-0.39, 0.29) is 11.9 Å². The highest BCUT2D eigenvalue weighted by Crippen LogP contribution is 2.30. The van der Waals surface area contributed by atoms with Crippen molar-refractivity contribution in [3.05, 3.63) is 42.2 Å². The van der Waals surface area contributed by atoms with E-state index in [2.05, 4.69) is 15.3 Å². The van der Waals surface area contributed by atoms with Gasteiger partial charge in [-0.25, -0.2) is 9.97 Å². The van der Waals surface area contributed by atoms with E-state index in [4.69, 9.17) is 10.5 Å². The van der Waals surface area contributed by atoms with Crippen LogP contribution in [0.15, 0.2) is 36.7 Å². The van der Waals surface area contributed by atoms with Crippen LogP contribution in [0.2, 0.25) is 0 Å². The Morgan fingerprint density at radius 2 is 1.96 bits per heavy atom. The van der Waals surface area contributed by atoms with Crippen LogP contribution >= 0.6 is 0 Å². The number of hydrogen-bond donors (Lipinski definition) is 2. The molecule has 2 aromatic rings. The number of nitrogens with two attached hydrogens (primary N) is 1. The van der Waals surface area contributed by atoms with Crippen molar-refractivity contribution < 1.29 is 9.53 Å². The smallest absolute Gasteiger partial charge is 0.321 e. The van der Waals surface area contributed by atoms with Crippen LogP contribution in [-0.4, -0.2) is 21.4 Å². The zero-order valence-electron chi connectivity index (χ0n) is 13.1. The third kappa shape index (κ3) is 3.48. The molecule has 0 unspecified atom stereocenters. The van der Waals surface area contributed by atoms with E-state index in [1.807, 2.05) is 19.1 Å². The SMILES string of the molecule is Cc1cc(Oc2ncccn2)ccc1NC(=O)C1(N)CCCC1. The first-order chi connectivity index (χ1) is 11.1. The third-order valence-electron chi connectivity index (χ3n) is 4.15. The highest BCUT2D eigenvalue weighted by molar-refractivity contribution is 5.98. The van der Waals surface area contributed by atoms with Gasteiger partial charge in [-0.05, 0) is 49.6 Å². The Morgan fingerprint density at radius 1 is 1.26 bits per heavy atom. The van der Waals surface area contributed by atoms with Gasteiger partial charge in [0.2, 0.25) is 5.91 Å². The van der Waals surface area contributed by atoms with Crippen molar-refractivity contribution in [2.45, 2.75) is 38.1 Å². The number of carbonyl (C=O) groups excluding carboxylic acids is 1. The molecule has 120 valence electrons. The molecule has 23 heavy (non-hydrogen) atoms. The molecule has 3 rings (SSSR count). The number of aryl methyl sites for hydroxylation is 1. The fourth-order valence-electron chi connectivity index (χ4n) is 2.76. The van der Waals surface area contributed by atoms with Crippen LogP contribution < -0.4 is 15.8 Å². The van der Waals surface area contributed by atoms with E-state index in [1.165, 1.54) is 0 Å². The minimum atomic E-state index is -0.737. The average Bonchev–Trinajstić information content (AvgIpc) is 2.99. The summed E-state index contributed by atoms with van der Waals surface area (Å²) in [7, 11) is 0. The summed E-state index contributed by atoms with van der Waals surface area (Å²) in [5.41, 5.74) is 7.08. The lowest BCUT2D eigenvalue weighted by Crippen LogP contribution is -2.48. The number of nitrogens with one attached hydrogen (secondary N) is 1. The van der Waals surface area contributed by atoms with Gasteiger partial charge in [-0.3, -0.25) is 4.79 Å². The predicted molar refractivity (Wildman–Crippen MR) is 87.3 cm³/mol. The summed E-state index contributed by atoms with van der Waals surface area (Å²) in [6.07, 6.45) is 6.73. The molecule has 0 saturated heterocycles. The second kappa shape index (κ2) is 6.34. The van der Waals surface area contributed by atoms with Gasteiger partial charge < -0.3 is 15.8 Å². The maximum Gasteiger partial charge on any atom is 0.321 e. The first kappa shape index (κ1) is 15.4. The standard InChI is InChI=1S/C17H20N4O2/c1-12-11-13(23-16-19-9-4-10-20-16)5-6-14(12)21-15(22)17(18)7-2-3-8-17/h4-6,9-11H,2-3,7-8,18H2,1H3,(H,21,22). The molecule has 1 heterocycles. The lowest BCUT2D eigenvalue weighted by Gasteiger charge is -2.23. The fraction of sp³-hybridized carbons (Fsp3) is 0.353. The Bertz CT molecular complexity index is 697. The summed E-state index contributed by atoms with van der Waals surface area (Å²) in [5, 5.41) is 2.93. The lowest BCUT2D eigenvalue weighted by atomic mass is 9.98. The number of ether oxygens (including phenoxy) is 1. The number of benzene rings is 1. The van der Waals surface area contributed by atoms with Gasteiger partial charge in [0, 0.05) is 18.1 Å². The minimum absolute atomic E-state index is 0.113. The molecular weight excluding hydrogens is 292 g/mol. The number of rotatable bonds is 4. The number of anilines is 1. The molecule has 6 heteroatoms. The molecule has 3 N–H and O–H groups in total. The van der Waals surface area contributed by atoms with Gasteiger partial charge in [-0.1, -0.05) is 12.8 Å². The quantitative estimate of drug-likeness (QED) is 0.906. The Morgan fingerprint density at radius 3 is 2.61 bits per heavy atom. The molecule has 0 bridgehead atoms. The lowest BCUT2D eigenvalue weighted by molar-refractivity contribution is -0.121. The Kier molecular flexibility index (Phi) is 4.25. The highest BCUT2D eigenvalue weighted by Gasteiger charge is 2.37. The van der Waals surface area contributed by atoms with E-state index in [1.54, 1.807) is 24.5 Å². The molecule has 0 atom stereocenters. The molecule has 1 aliphatic carbocycles. The van der Waals surface area contributed by atoms with Crippen molar-refractivity contribution in [2.24, 2.45) is 5.73 Å². The van der Waals surface area contributed by atoms with Crippen molar-refractivity contribution in [2.75, 3.05) is 5.32 Å². The highest BCUT2D eigenvalue weighted by atomic mass is 16.5. The van der Waals surface area contributed by atoms with Crippen LogP contribution in [0.4, 0.5) is 5.69 Å². The van der Waals surface area contributed by atoms with E-state index in [0.717, 1.165) is 36.9 Å². The number of aromatic nitrogens is 2. The van der Waals surface area contributed by atoms with Crippen LogP contribution in [0.1, 0.15) is 31.2 Å². The van der Waals surface area contributed by atoms with Gasteiger partial charge >= 0.3 is 6.01 Å². The summed E-state index contributed by atoms with van der Waals surface area (Å²) < 4.78 is 5.58. The topological polar surface area (TPSA) is 90.1 Å². The van der Waals surface area contributed by atoms with Crippen molar-refractivity contribution in [3.8, 4) is 11.8 Å². The molecule has 1 aliphatic rings. The fourth-order valence-corrected chi connectivity index (χ4v) is 2.76. The van der Waals surface area contributed by atoms with Crippen LogP contribution in [0, 0.1) is 6.92 Å². The van der Waals surface area contributed by atoms with E-state index in [9.17, 15) is 4.79 Å². The Labute approximate surface area is 135 Å². The first-order valence-electron chi connectivity index (χ1n) is 7.73. The van der Waals surface area contributed by atoms with Gasteiger partial charge in [-0.15, -0.1) is 0 Å². The molecule has 1 saturated carbocycles. The Hall–Kier alpha value is -2.47. The van der Waals surface area contributed by atoms with Crippen LogP contribution in [0.25, 0.3) is 0 Å². The summed E-state index contributed by atoms with van der Waals surface area (Å²) in [5.74, 6) is 0.508. The van der Waals surface area contributed by atoms with Crippen LogP contribution in [0.5, 0.6) is 11.8 Å². The van der Waals surface area contributed by atoms with Crippen LogP contribution in [0.3, 0.4) is 0 Å². The summed E-state index contributed by atoms with van der Waals surface area (Å²) in [6.45, 7) is 1.91. The molecule has 0 spiro atoms. The zero-order valence-corrected chi connectivity index (χ0v) is 13.1. The predicted octanol–water partition coefficient (Wildman–Crippen LogP) is 2.79. The molecule has 1 aromatic carbocycles. The molecule has 1 fully saturated rings. The second-order valence-electron chi connectivity index (χ2n) is 5.93. The van der Waals surface area contributed by atoms with Crippen molar-refractivity contribution in [1.82, 2.24) is 9.97 Å². The normalized spacial score (nSPS) is 16.1. The van der Waals surface area contributed by atoms with Gasteiger partial charge in [0.25, 0.3) is 0 Å². The van der Waals surface area contributed by atoms with Crippen molar-refractivity contribution in [3.63, 3.8) is 0 Å². The molecule has 6 nitrogen and oxygen atoms in total. The third-order valence-corrected chi connectivity index (χ3v) is 4.15. The summed E-state index contributed by atoms with van der Waals surface area (Å²) >= 11 is 0. The first-order valence-corrected chi connectivity index (χ1v) is 7.73. The monoisotopic (exact) mass is 312 g/mol. The number of nitrogens with zero attached hydrogens (tertiary/aromatic N) is 2. The molecular formula is C17H20N4O2. The maximum absolute atomic E-state index is 12.4. The number of amides is 1. The largest absolute Gasteiger partial charge is 0.424 e. The van der Waals surface area contributed by atoms with E-state index < -0.39 is 5.54 Å². The molecule has 0 aliphatic heterocycles. The van der Waals surface area contributed by atoms with Crippen LogP contribution in [-0.2, 0) is 4.79 Å². The maximum atomic E-state index is 12.4.